The highest BCUT2D eigenvalue weighted by Gasteiger charge is 2.34. The number of carbonyl (C=O) groups excluding carboxylic acids is 1. The van der Waals surface area contributed by atoms with E-state index >= 15 is 4.39 Å². The zero-order chi connectivity index (χ0) is 20.4. The second-order valence-electron chi connectivity index (χ2n) is 7.75. The van der Waals surface area contributed by atoms with Crippen LogP contribution in [0.4, 0.5) is 25.8 Å². The summed E-state index contributed by atoms with van der Waals surface area (Å²) in [6, 6.07) is 1.05. The maximum absolute atomic E-state index is 15.2. The lowest BCUT2D eigenvalue weighted by molar-refractivity contribution is -0.384. The number of nitrogens with zero attached hydrogens (tertiary/aromatic N) is 2. The molecule has 0 radical (unpaired) electrons. The van der Waals surface area contributed by atoms with E-state index in [0.717, 1.165) is 31.7 Å². The third kappa shape index (κ3) is 4.02. The zero-order valence-corrected chi connectivity index (χ0v) is 16.1. The van der Waals surface area contributed by atoms with Gasteiger partial charge in [0.2, 0.25) is 0 Å². The minimum Gasteiger partial charge on any atom is -0.380 e. The number of anilines is 2. The van der Waals surface area contributed by atoms with E-state index in [1.165, 1.54) is 11.9 Å². The van der Waals surface area contributed by atoms with Crippen LogP contribution in [0.25, 0.3) is 0 Å². The van der Waals surface area contributed by atoms with Crippen LogP contribution in [0.3, 0.4) is 0 Å². The Morgan fingerprint density at radius 3 is 2.50 bits per heavy atom. The molecule has 1 aromatic carbocycles. The Morgan fingerprint density at radius 2 is 1.96 bits per heavy atom. The number of halogens is 2. The number of nitro benzene ring substituents is 1. The van der Waals surface area contributed by atoms with Crippen molar-refractivity contribution in [3.8, 4) is 0 Å². The summed E-state index contributed by atoms with van der Waals surface area (Å²) >= 11 is 0. The van der Waals surface area contributed by atoms with Crippen molar-refractivity contribution in [1.29, 1.82) is 0 Å². The van der Waals surface area contributed by atoms with Crippen molar-refractivity contribution in [2.45, 2.75) is 51.2 Å². The fourth-order valence-electron chi connectivity index (χ4n) is 4.08. The maximum atomic E-state index is 15.2. The monoisotopic (exact) mass is 396 g/mol. The minimum absolute atomic E-state index is 0.0426. The number of benzene rings is 1. The molecule has 1 aliphatic carbocycles. The molecule has 28 heavy (non-hydrogen) atoms. The molecule has 1 aromatic rings. The fourth-order valence-corrected chi connectivity index (χ4v) is 4.08. The Morgan fingerprint density at radius 1 is 1.29 bits per heavy atom. The predicted octanol–water partition coefficient (Wildman–Crippen LogP) is 3.63. The van der Waals surface area contributed by atoms with Gasteiger partial charge in [-0.3, -0.25) is 14.9 Å². The first-order chi connectivity index (χ1) is 13.3. The number of nitrogens with one attached hydrogen (secondary N) is 2. The zero-order valence-electron chi connectivity index (χ0n) is 16.1. The van der Waals surface area contributed by atoms with Gasteiger partial charge in [-0.1, -0.05) is 6.92 Å². The molecule has 0 aromatic heterocycles. The first-order valence-electron chi connectivity index (χ1n) is 9.70. The van der Waals surface area contributed by atoms with Gasteiger partial charge in [-0.2, -0.15) is 0 Å². The Kier molecular flexibility index (Phi) is 6.00. The highest BCUT2D eigenvalue weighted by Crippen LogP contribution is 2.39. The average Bonchev–Trinajstić information content (AvgIpc) is 3.08. The molecule has 154 valence electrons. The molecule has 2 aliphatic rings. The third-order valence-electron chi connectivity index (χ3n) is 5.71. The van der Waals surface area contributed by atoms with Crippen LogP contribution in [-0.2, 0) is 0 Å². The summed E-state index contributed by atoms with van der Waals surface area (Å²) in [6.07, 6.45) is 2.72. The third-order valence-corrected chi connectivity index (χ3v) is 5.71. The second-order valence-corrected chi connectivity index (χ2v) is 7.75. The molecule has 2 fully saturated rings. The van der Waals surface area contributed by atoms with E-state index in [1.54, 1.807) is 0 Å². The lowest BCUT2D eigenvalue weighted by Gasteiger charge is -2.28. The van der Waals surface area contributed by atoms with Gasteiger partial charge in [0.1, 0.15) is 6.17 Å². The van der Waals surface area contributed by atoms with E-state index in [9.17, 15) is 19.3 Å². The van der Waals surface area contributed by atoms with Crippen LogP contribution in [-0.4, -0.2) is 43.2 Å². The van der Waals surface area contributed by atoms with E-state index < -0.39 is 28.5 Å². The Hall–Kier alpha value is -2.45. The van der Waals surface area contributed by atoms with Crippen molar-refractivity contribution in [3.63, 3.8) is 0 Å². The van der Waals surface area contributed by atoms with Gasteiger partial charge in [-0.05, 0) is 38.0 Å². The summed E-state index contributed by atoms with van der Waals surface area (Å²) in [6.45, 7) is 2.37. The second kappa shape index (κ2) is 8.28. The van der Waals surface area contributed by atoms with Crippen molar-refractivity contribution in [2.24, 2.45) is 5.92 Å². The smallest absolute Gasteiger partial charge is 0.296 e. The molecular weight excluding hydrogens is 370 g/mol. The summed E-state index contributed by atoms with van der Waals surface area (Å²) in [5.41, 5.74) is -1.000. The van der Waals surface area contributed by atoms with Crippen molar-refractivity contribution >= 4 is 23.0 Å². The number of nitro groups is 1. The summed E-state index contributed by atoms with van der Waals surface area (Å²) in [7, 11) is 1.38. The molecule has 1 amide bonds. The van der Waals surface area contributed by atoms with Crippen LogP contribution in [0.5, 0.6) is 0 Å². The summed E-state index contributed by atoms with van der Waals surface area (Å²) in [5, 5.41) is 16.8. The van der Waals surface area contributed by atoms with E-state index in [2.05, 4.69) is 17.6 Å². The minimum atomic E-state index is -1.12. The van der Waals surface area contributed by atoms with Crippen LogP contribution in [0.2, 0.25) is 0 Å². The van der Waals surface area contributed by atoms with Crippen molar-refractivity contribution in [3.05, 3.63) is 27.6 Å². The molecule has 2 N–H and O–H groups in total. The van der Waals surface area contributed by atoms with E-state index in [-0.39, 0.29) is 42.5 Å². The van der Waals surface area contributed by atoms with E-state index in [1.807, 2.05) is 0 Å². The molecule has 1 saturated carbocycles. The van der Waals surface area contributed by atoms with E-state index in [0.29, 0.717) is 5.92 Å². The van der Waals surface area contributed by atoms with Crippen LogP contribution in [0.15, 0.2) is 6.07 Å². The van der Waals surface area contributed by atoms with Gasteiger partial charge in [0.15, 0.2) is 11.5 Å². The Labute approximate surface area is 162 Å². The van der Waals surface area contributed by atoms with Crippen LogP contribution >= 0.6 is 0 Å². The number of rotatable bonds is 5. The number of carbonyl (C=O) groups is 1. The SMILES string of the molecule is CNc1c([N+](=O)[O-])cc(C(=O)NC2CCC(C)CC2)c(N2CC[C@@H](F)C2)c1F. The lowest BCUT2D eigenvalue weighted by atomic mass is 9.87. The fraction of sp³-hybridized carbons (Fsp3) is 0.632. The molecular formula is C19H26F2N4O3. The van der Waals surface area contributed by atoms with Crippen LogP contribution in [0.1, 0.15) is 49.4 Å². The number of hydrogen-bond acceptors (Lipinski definition) is 5. The van der Waals surface area contributed by atoms with Crippen molar-refractivity contribution in [2.75, 3.05) is 30.4 Å². The molecule has 7 nitrogen and oxygen atoms in total. The topological polar surface area (TPSA) is 87.5 Å². The highest BCUT2D eigenvalue weighted by molar-refractivity contribution is 6.02. The maximum Gasteiger partial charge on any atom is 0.296 e. The molecule has 0 spiro atoms. The molecule has 1 aliphatic heterocycles. The van der Waals surface area contributed by atoms with Gasteiger partial charge in [0, 0.05) is 32.2 Å². The number of alkyl halides is 1. The van der Waals surface area contributed by atoms with E-state index in [4.69, 9.17) is 0 Å². The molecule has 1 atom stereocenters. The van der Waals surface area contributed by atoms with Gasteiger partial charge in [0.05, 0.1) is 16.2 Å². The van der Waals surface area contributed by atoms with Gasteiger partial charge in [-0.15, -0.1) is 0 Å². The lowest BCUT2D eigenvalue weighted by Crippen LogP contribution is -2.38. The Bertz CT molecular complexity index is 766. The Balaban J connectivity index is 1.99. The first kappa shape index (κ1) is 20.3. The summed E-state index contributed by atoms with van der Waals surface area (Å²) in [4.78, 5) is 25.1. The molecule has 1 saturated heterocycles. The molecule has 3 rings (SSSR count). The van der Waals surface area contributed by atoms with Crippen LogP contribution in [0, 0.1) is 21.8 Å². The van der Waals surface area contributed by atoms with Gasteiger partial charge < -0.3 is 15.5 Å². The summed E-state index contributed by atoms with van der Waals surface area (Å²) in [5.74, 6) is -0.849. The quantitative estimate of drug-likeness (QED) is 0.586. The normalized spacial score (nSPS) is 24.9. The van der Waals surface area contributed by atoms with Crippen molar-refractivity contribution in [1.82, 2.24) is 5.32 Å². The number of hydrogen-bond donors (Lipinski definition) is 2. The highest BCUT2D eigenvalue weighted by atomic mass is 19.1. The van der Waals surface area contributed by atoms with Gasteiger partial charge in [-0.25, -0.2) is 8.78 Å². The molecule has 0 bridgehead atoms. The predicted molar refractivity (Wildman–Crippen MR) is 103 cm³/mol. The largest absolute Gasteiger partial charge is 0.380 e. The van der Waals surface area contributed by atoms with Crippen molar-refractivity contribution < 1.29 is 18.5 Å². The standard InChI is InChI=1S/C19H26F2N4O3/c1-11-3-5-13(6-4-11)23-19(26)14-9-15(25(27)28)17(22-2)16(21)18(14)24-8-7-12(20)10-24/h9,11-13,22H,3-8,10H2,1-2H3,(H,23,26)/t11?,12-,13?/m1/s1. The van der Waals surface area contributed by atoms with Crippen LogP contribution < -0.4 is 15.5 Å². The van der Waals surface area contributed by atoms with Gasteiger partial charge in [0.25, 0.3) is 11.6 Å². The first-order valence-corrected chi connectivity index (χ1v) is 9.70. The summed E-state index contributed by atoms with van der Waals surface area (Å²) < 4.78 is 28.9. The molecule has 9 heteroatoms. The average molecular weight is 396 g/mol. The molecule has 0 unspecified atom stereocenters. The van der Waals surface area contributed by atoms with Gasteiger partial charge >= 0.3 is 0 Å². The number of amides is 1. The molecule has 1 heterocycles.